The topological polar surface area (TPSA) is 105 Å². The fraction of sp³-hybridized carbons (Fsp3) is 0.235. The predicted octanol–water partition coefficient (Wildman–Crippen LogP) is 5.36. The van der Waals surface area contributed by atoms with Crippen LogP contribution in [0.2, 0.25) is 5.02 Å². The number of thiazole rings is 1. The molecule has 0 fully saturated rings. The Kier molecular flexibility index (Phi) is 10.0. The van der Waals surface area contributed by atoms with Crippen LogP contribution in [0.3, 0.4) is 0 Å². The molecule has 0 spiro atoms. The Balaban J connectivity index is 1.49. The molecule has 0 radical (unpaired) electrons. The number of hydrogen-bond acceptors (Lipinski definition) is 9. The lowest BCUT2D eigenvalue weighted by Gasteiger charge is -2.24. The summed E-state index contributed by atoms with van der Waals surface area (Å²) in [5, 5.41) is 0.256. The third-order valence-corrected chi connectivity index (χ3v) is 8.36. The van der Waals surface area contributed by atoms with Gasteiger partial charge < -0.3 is 18.9 Å². The molecule has 12 heteroatoms. The number of esters is 2. The summed E-state index contributed by atoms with van der Waals surface area (Å²) in [5.74, 6) is -0.792. The first kappa shape index (κ1) is 32.6. The number of rotatable bonds is 10. The predicted molar refractivity (Wildman–Crippen MR) is 172 cm³/mol. The standard InChI is InChI=1S/C34H30ClFN2O7S/c1-5-43-32(40)23-9-7-20(8-10-23)18-45-30-25(35)15-21(16-26(30)42-4)17-27-31(39)38-29(22-11-13-24(36)14-12-22)28(33(41)44-6-2)19(3)37-34(38)46-27/h7-17,29H,5-6,18H2,1-4H3/b27-17-/t29-/m1/s1. The smallest absolute Gasteiger partial charge is 0.338 e. The van der Waals surface area contributed by atoms with Gasteiger partial charge in [-0.1, -0.05) is 47.2 Å². The molecule has 1 aliphatic rings. The summed E-state index contributed by atoms with van der Waals surface area (Å²) < 4.78 is 37.4. The lowest BCUT2D eigenvalue weighted by molar-refractivity contribution is -0.139. The molecular weight excluding hydrogens is 635 g/mol. The van der Waals surface area contributed by atoms with Crippen molar-refractivity contribution < 1.29 is 32.9 Å². The van der Waals surface area contributed by atoms with Crippen LogP contribution >= 0.6 is 22.9 Å². The van der Waals surface area contributed by atoms with Crippen molar-refractivity contribution >= 4 is 41.0 Å². The van der Waals surface area contributed by atoms with E-state index < -0.39 is 29.4 Å². The molecule has 0 saturated heterocycles. The van der Waals surface area contributed by atoms with E-state index in [4.69, 9.17) is 30.5 Å². The van der Waals surface area contributed by atoms with Gasteiger partial charge in [0, 0.05) is 0 Å². The average molecular weight is 665 g/mol. The molecule has 9 nitrogen and oxygen atoms in total. The fourth-order valence-electron chi connectivity index (χ4n) is 4.97. The van der Waals surface area contributed by atoms with Gasteiger partial charge in [0.15, 0.2) is 16.3 Å². The highest BCUT2D eigenvalue weighted by Crippen LogP contribution is 2.37. The van der Waals surface area contributed by atoms with Crippen LogP contribution in [0.25, 0.3) is 6.08 Å². The number of ether oxygens (including phenoxy) is 4. The third kappa shape index (κ3) is 6.75. The number of benzene rings is 3. The highest BCUT2D eigenvalue weighted by Gasteiger charge is 2.33. The van der Waals surface area contributed by atoms with Crippen molar-refractivity contribution in [2.24, 2.45) is 4.99 Å². The van der Waals surface area contributed by atoms with Crippen LogP contribution in [-0.4, -0.2) is 36.8 Å². The first-order valence-corrected chi connectivity index (χ1v) is 15.6. The summed E-state index contributed by atoms with van der Waals surface area (Å²) in [5.41, 5.74) is 2.55. The van der Waals surface area contributed by atoms with Gasteiger partial charge in [-0.2, -0.15) is 0 Å². The molecule has 2 heterocycles. The molecular formula is C34H30ClFN2O7S. The van der Waals surface area contributed by atoms with Crippen molar-refractivity contribution in [2.45, 2.75) is 33.4 Å². The SMILES string of the molecule is CCOC(=O)C1=C(C)N=c2s/c(=C\c3cc(Cl)c(OCc4ccc(C(=O)OCC)cc4)c(OC)c3)c(=O)n2[C@@H]1c1ccc(F)cc1. The van der Waals surface area contributed by atoms with E-state index in [1.807, 2.05) is 0 Å². The average Bonchev–Trinajstić information content (AvgIpc) is 3.34. The van der Waals surface area contributed by atoms with Crippen molar-refractivity contribution in [3.63, 3.8) is 0 Å². The molecule has 238 valence electrons. The Bertz CT molecular complexity index is 2000. The zero-order valence-corrected chi connectivity index (χ0v) is 27.0. The molecule has 0 bridgehead atoms. The molecule has 0 aliphatic carbocycles. The second kappa shape index (κ2) is 14.1. The van der Waals surface area contributed by atoms with Gasteiger partial charge >= 0.3 is 11.9 Å². The summed E-state index contributed by atoms with van der Waals surface area (Å²) in [6.45, 7) is 5.70. The minimum Gasteiger partial charge on any atom is -0.493 e. The lowest BCUT2D eigenvalue weighted by Crippen LogP contribution is -2.39. The number of fused-ring (bicyclic) bond motifs is 1. The molecule has 0 saturated carbocycles. The Morgan fingerprint density at radius 1 is 1.02 bits per heavy atom. The van der Waals surface area contributed by atoms with E-state index in [0.29, 0.717) is 49.8 Å². The van der Waals surface area contributed by atoms with Crippen LogP contribution in [-0.2, 0) is 20.9 Å². The van der Waals surface area contributed by atoms with Crippen LogP contribution in [0.1, 0.15) is 53.9 Å². The molecule has 0 unspecified atom stereocenters. The number of hydrogen-bond donors (Lipinski definition) is 0. The highest BCUT2D eigenvalue weighted by molar-refractivity contribution is 7.07. The number of halogens is 2. The van der Waals surface area contributed by atoms with Crippen LogP contribution < -0.4 is 24.4 Å². The number of aromatic nitrogens is 1. The summed E-state index contributed by atoms with van der Waals surface area (Å²) in [7, 11) is 1.48. The Hall–Kier alpha value is -4.74. The van der Waals surface area contributed by atoms with E-state index in [1.165, 1.54) is 35.9 Å². The third-order valence-electron chi connectivity index (χ3n) is 7.10. The zero-order chi connectivity index (χ0) is 33.0. The number of allylic oxidation sites excluding steroid dienone is 1. The van der Waals surface area contributed by atoms with E-state index in [9.17, 15) is 18.8 Å². The maximum Gasteiger partial charge on any atom is 0.338 e. The maximum atomic E-state index is 13.9. The minimum atomic E-state index is -0.863. The van der Waals surface area contributed by atoms with Crippen LogP contribution in [0, 0.1) is 5.82 Å². The van der Waals surface area contributed by atoms with E-state index in [0.717, 1.165) is 16.9 Å². The lowest BCUT2D eigenvalue weighted by atomic mass is 9.96. The highest BCUT2D eigenvalue weighted by atomic mass is 35.5. The van der Waals surface area contributed by atoms with Gasteiger partial charge in [0.25, 0.3) is 5.56 Å². The summed E-state index contributed by atoms with van der Waals surface area (Å²) in [4.78, 5) is 43.8. The second-order valence-electron chi connectivity index (χ2n) is 10.1. The second-order valence-corrected chi connectivity index (χ2v) is 11.5. The van der Waals surface area contributed by atoms with Gasteiger partial charge in [0.1, 0.15) is 12.4 Å². The van der Waals surface area contributed by atoms with E-state index >= 15 is 0 Å². The molecule has 0 N–H and O–H groups in total. The first-order chi connectivity index (χ1) is 22.1. The van der Waals surface area contributed by atoms with Crippen molar-refractivity contribution in [3.8, 4) is 11.5 Å². The van der Waals surface area contributed by atoms with E-state index in [2.05, 4.69) is 4.99 Å². The molecule has 46 heavy (non-hydrogen) atoms. The number of carbonyl (C=O) groups is 2. The van der Waals surface area contributed by atoms with Crippen molar-refractivity contribution in [1.82, 2.24) is 4.57 Å². The van der Waals surface area contributed by atoms with Crippen molar-refractivity contribution in [2.75, 3.05) is 20.3 Å². The molecule has 3 aromatic carbocycles. The van der Waals surface area contributed by atoms with Gasteiger partial charge in [-0.3, -0.25) is 9.36 Å². The molecule has 1 aromatic heterocycles. The van der Waals surface area contributed by atoms with Gasteiger partial charge in [-0.25, -0.2) is 19.0 Å². The van der Waals surface area contributed by atoms with Crippen LogP contribution in [0.15, 0.2) is 81.7 Å². The Morgan fingerprint density at radius 2 is 1.70 bits per heavy atom. The number of carbonyl (C=O) groups excluding carboxylic acids is 2. The summed E-state index contributed by atoms with van der Waals surface area (Å²) in [6.07, 6.45) is 1.65. The van der Waals surface area contributed by atoms with Gasteiger partial charge in [0.05, 0.1) is 52.8 Å². The fourth-order valence-corrected chi connectivity index (χ4v) is 6.29. The van der Waals surface area contributed by atoms with Gasteiger partial charge in [-0.05, 0) is 79.9 Å². The summed E-state index contributed by atoms with van der Waals surface area (Å²) in [6, 6.07) is 14.9. The largest absolute Gasteiger partial charge is 0.493 e. The Labute approximate surface area is 272 Å². The monoisotopic (exact) mass is 664 g/mol. The van der Waals surface area contributed by atoms with E-state index in [1.54, 1.807) is 63.2 Å². The van der Waals surface area contributed by atoms with Crippen molar-refractivity contribution in [1.29, 1.82) is 0 Å². The van der Waals surface area contributed by atoms with Crippen LogP contribution in [0.4, 0.5) is 4.39 Å². The maximum absolute atomic E-state index is 13.9. The quantitative estimate of drug-likeness (QED) is 0.210. The summed E-state index contributed by atoms with van der Waals surface area (Å²) >= 11 is 7.78. The Morgan fingerprint density at radius 3 is 2.35 bits per heavy atom. The zero-order valence-electron chi connectivity index (χ0n) is 25.5. The first-order valence-electron chi connectivity index (χ1n) is 14.4. The van der Waals surface area contributed by atoms with E-state index in [-0.39, 0.29) is 23.8 Å². The molecule has 5 rings (SSSR count). The number of nitrogens with zero attached hydrogens (tertiary/aromatic N) is 2. The number of methoxy groups -OCH3 is 1. The molecule has 0 amide bonds. The van der Waals surface area contributed by atoms with Gasteiger partial charge in [-0.15, -0.1) is 0 Å². The molecule has 1 atom stereocenters. The van der Waals surface area contributed by atoms with Crippen LogP contribution in [0.5, 0.6) is 11.5 Å². The minimum absolute atomic E-state index is 0.139. The normalized spacial score (nSPS) is 14.4. The molecule has 1 aliphatic heterocycles. The van der Waals surface area contributed by atoms with Crippen molar-refractivity contribution in [3.05, 3.63) is 125 Å². The van der Waals surface area contributed by atoms with Gasteiger partial charge in [0.2, 0.25) is 0 Å². The molecule has 4 aromatic rings.